The minimum Gasteiger partial charge on any atom is -0.248 e. The highest BCUT2D eigenvalue weighted by atomic mass is 19.1. The normalized spacial score (nSPS) is 10.8. The lowest BCUT2D eigenvalue weighted by Crippen LogP contribution is -1.91. The SMILES string of the molecule is Fc1ccccc1-c1cc(-c2ccccc2)c2ccccc2n1. The molecule has 0 aliphatic carbocycles. The van der Waals surface area contributed by atoms with E-state index in [1.807, 2.05) is 48.5 Å². The summed E-state index contributed by atoms with van der Waals surface area (Å²) in [5.74, 6) is -0.255. The van der Waals surface area contributed by atoms with Gasteiger partial charge in [-0.05, 0) is 35.4 Å². The summed E-state index contributed by atoms with van der Waals surface area (Å²) in [5.41, 5.74) is 4.21. The molecule has 0 spiro atoms. The number of aromatic nitrogens is 1. The highest BCUT2D eigenvalue weighted by molar-refractivity contribution is 5.96. The third kappa shape index (κ3) is 2.49. The van der Waals surface area contributed by atoms with Crippen molar-refractivity contribution in [2.75, 3.05) is 0 Å². The fraction of sp³-hybridized carbons (Fsp3) is 0. The molecule has 0 unspecified atom stereocenters. The number of fused-ring (bicyclic) bond motifs is 1. The maximum atomic E-state index is 14.2. The quantitative estimate of drug-likeness (QED) is 0.462. The van der Waals surface area contributed by atoms with Crippen LogP contribution in [0.1, 0.15) is 0 Å². The van der Waals surface area contributed by atoms with Crippen molar-refractivity contribution in [1.29, 1.82) is 0 Å². The van der Waals surface area contributed by atoms with Crippen LogP contribution in [-0.2, 0) is 0 Å². The third-order valence-corrected chi connectivity index (χ3v) is 3.95. The van der Waals surface area contributed by atoms with E-state index in [4.69, 9.17) is 0 Å². The Balaban J connectivity index is 2.04. The van der Waals surface area contributed by atoms with E-state index in [1.165, 1.54) is 6.07 Å². The van der Waals surface area contributed by atoms with Gasteiger partial charge >= 0.3 is 0 Å². The van der Waals surface area contributed by atoms with E-state index >= 15 is 0 Å². The minimum atomic E-state index is -0.255. The molecule has 1 heterocycles. The van der Waals surface area contributed by atoms with Crippen LogP contribution in [0, 0.1) is 5.82 Å². The molecule has 1 nitrogen and oxygen atoms in total. The molecule has 110 valence electrons. The first-order valence-electron chi connectivity index (χ1n) is 7.53. The summed E-state index contributed by atoms with van der Waals surface area (Å²) in [6.45, 7) is 0. The van der Waals surface area contributed by atoms with Gasteiger partial charge in [-0.1, -0.05) is 60.7 Å². The molecule has 0 fully saturated rings. The number of rotatable bonds is 2. The van der Waals surface area contributed by atoms with Crippen LogP contribution < -0.4 is 0 Å². The third-order valence-electron chi connectivity index (χ3n) is 3.95. The van der Waals surface area contributed by atoms with E-state index in [0.717, 1.165) is 22.0 Å². The molecular weight excluding hydrogens is 285 g/mol. The Morgan fingerprint density at radius 2 is 1.35 bits per heavy atom. The van der Waals surface area contributed by atoms with Crippen molar-refractivity contribution in [2.24, 2.45) is 0 Å². The zero-order valence-electron chi connectivity index (χ0n) is 12.4. The Hall–Kier alpha value is -3.00. The van der Waals surface area contributed by atoms with Crippen molar-refractivity contribution in [3.63, 3.8) is 0 Å². The van der Waals surface area contributed by atoms with Crippen molar-refractivity contribution in [1.82, 2.24) is 4.98 Å². The summed E-state index contributed by atoms with van der Waals surface area (Å²) < 4.78 is 14.2. The van der Waals surface area contributed by atoms with E-state index in [0.29, 0.717) is 11.3 Å². The van der Waals surface area contributed by atoms with Crippen LogP contribution in [0.25, 0.3) is 33.3 Å². The van der Waals surface area contributed by atoms with Gasteiger partial charge in [-0.3, -0.25) is 0 Å². The summed E-state index contributed by atoms with van der Waals surface area (Å²) >= 11 is 0. The topological polar surface area (TPSA) is 12.9 Å². The Labute approximate surface area is 134 Å². The van der Waals surface area contributed by atoms with Crippen LogP contribution in [0.2, 0.25) is 0 Å². The Kier molecular flexibility index (Phi) is 3.35. The van der Waals surface area contributed by atoms with Crippen LogP contribution in [-0.4, -0.2) is 4.98 Å². The second-order valence-electron chi connectivity index (χ2n) is 5.42. The number of para-hydroxylation sites is 1. The lowest BCUT2D eigenvalue weighted by molar-refractivity contribution is 0.631. The largest absolute Gasteiger partial charge is 0.248 e. The van der Waals surface area contributed by atoms with Gasteiger partial charge in [0.25, 0.3) is 0 Å². The van der Waals surface area contributed by atoms with E-state index in [2.05, 4.69) is 23.2 Å². The number of pyridine rings is 1. The van der Waals surface area contributed by atoms with E-state index < -0.39 is 0 Å². The zero-order chi connectivity index (χ0) is 15.6. The second-order valence-corrected chi connectivity index (χ2v) is 5.42. The Morgan fingerprint density at radius 3 is 2.17 bits per heavy atom. The number of hydrogen-bond donors (Lipinski definition) is 0. The van der Waals surface area contributed by atoms with Gasteiger partial charge in [-0.15, -0.1) is 0 Å². The van der Waals surface area contributed by atoms with E-state index in [9.17, 15) is 4.39 Å². The Morgan fingerprint density at radius 1 is 0.652 bits per heavy atom. The maximum absolute atomic E-state index is 14.2. The minimum absolute atomic E-state index is 0.255. The molecule has 3 aromatic carbocycles. The smallest absolute Gasteiger partial charge is 0.132 e. The number of benzene rings is 3. The van der Waals surface area contributed by atoms with Crippen molar-refractivity contribution >= 4 is 10.9 Å². The molecule has 23 heavy (non-hydrogen) atoms. The van der Waals surface area contributed by atoms with Crippen LogP contribution in [0.3, 0.4) is 0 Å². The molecule has 4 aromatic rings. The number of halogens is 1. The monoisotopic (exact) mass is 299 g/mol. The van der Waals surface area contributed by atoms with Crippen molar-refractivity contribution in [2.45, 2.75) is 0 Å². The Bertz CT molecular complexity index is 977. The van der Waals surface area contributed by atoms with Crippen LogP contribution >= 0.6 is 0 Å². The molecule has 0 aliphatic rings. The standard InChI is InChI=1S/C21H14FN/c22-19-12-6-4-11-17(19)21-14-18(15-8-2-1-3-9-15)16-10-5-7-13-20(16)23-21/h1-14H. The average molecular weight is 299 g/mol. The average Bonchev–Trinajstić information content (AvgIpc) is 2.62. The first-order valence-corrected chi connectivity index (χ1v) is 7.53. The maximum Gasteiger partial charge on any atom is 0.132 e. The predicted molar refractivity (Wildman–Crippen MR) is 92.6 cm³/mol. The van der Waals surface area contributed by atoms with Gasteiger partial charge in [-0.2, -0.15) is 0 Å². The highest BCUT2D eigenvalue weighted by Gasteiger charge is 2.11. The molecule has 0 aliphatic heterocycles. The molecule has 0 radical (unpaired) electrons. The van der Waals surface area contributed by atoms with Gasteiger partial charge in [0.1, 0.15) is 5.82 Å². The molecule has 0 bridgehead atoms. The second kappa shape index (κ2) is 5.65. The summed E-state index contributed by atoms with van der Waals surface area (Å²) in [5, 5.41) is 1.07. The summed E-state index contributed by atoms with van der Waals surface area (Å²) in [6.07, 6.45) is 0. The van der Waals surface area contributed by atoms with Crippen LogP contribution in [0.4, 0.5) is 4.39 Å². The zero-order valence-corrected chi connectivity index (χ0v) is 12.4. The molecule has 1 aromatic heterocycles. The fourth-order valence-corrected chi connectivity index (χ4v) is 2.84. The van der Waals surface area contributed by atoms with Gasteiger partial charge in [-0.25, -0.2) is 9.37 Å². The van der Waals surface area contributed by atoms with Crippen LogP contribution in [0.15, 0.2) is 84.9 Å². The first-order chi connectivity index (χ1) is 11.3. The van der Waals surface area contributed by atoms with Crippen LogP contribution in [0.5, 0.6) is 0 Å². The van der Waals surface area contributed by atoms with Gasteiger partial charge in [0.15, 0.2) is 0 Å². The van der Waals surface area contributed by atoms with E-state index in [1.54, 1.807) is 12.1 Å². The van der Waals surface area contributed by atoms with Gasteiger partial charge in [0.2, 0.25) is 0 Å². The lowest BCUT2D eigenvalue weighted by Gasteiger charge is -2.10. The number of nitrogens with zero attached hydrogens (tertiary/aromatic N) is 1. The molecule has 0 amide bonds. The van der Waals surface area contributed by atoms with Crippen molar-refractivity contribution < 1.29 is 4.39 Å². The fourth-order valence-electron chi connectivity index (χ4n) is 2.84. The molecule has 0 atom stereocenters. The van der Waals surface area contributed by atoms with Gasteiger partial charge in [0.05, 0.1) is 11.2 Å². The summed E-state index contributed by atoms with van der Waals surface area (Å²) in [6, 6.07) is 26.8. The van der Waals surface area contributed by atoms with Gasteiger partial charge in [0, 0.05) is 10.9 Å². The first kappa shape index (κ1) is 13.6. The van der Waals surface area contributed by atoms with Crippen molar-refractivity contribution in [3.05, 3.63) is 90.7 Å². The van der Waals surface area contributed by atoms with E-state index in [-0.39, 0.29) is 5.82 Å². The predicted octanol–water partition coefficient (Wildman–Crippen LogP) is 5.71. The lowest BCUT2D eigenvalue weighted by atomic mass is 9.98. The molecule has 2 heteroatoms. The molecule has 0 N–H and O–H groups in total. The number of hydrogen-bond acceptors (Lipinski definition) is 1. The highest BCUT2D eigenvalue weighted by Crippen LogP contribution is 2.32. The molecular formula is C21H14FN. The molecule has 4 rings (SSSR count). The molecule has 0 saturated heterocycles. The summed E-state index contributed by atoms with van der Waals surface area (Å²) in [7, 11) is 0. The molecule has 0 saturated carbocycles. The van der Waals surface area contributed by atoms with Crippen molar-refractivity contribution in [3.8, 4) is 22.4 Å². The van der Waals surface area contributed by atoms with Gasteiger partial charge < -0.3 is 0 Å². The summed E-state index contributed by atoms with van der Waals surface area (Å²) in [4.78, 5) is 4.65.